The normalized spacial score (nSPS) is 11.0. The van der Waals surface area contributed by atoms with Gasteiger partial charge >= 0.3 is 6.09 Å². The highest BCUT2D eigenvalue weighted by atomic mass is 79.9. The van der Waals surface area contributed by atoms with Gasteiger partial charge in [-0.25, -0.2) is 9.69 Å². The van der Waals surface area contributed by atoms with E-state index < -0.39 is 11.7 Å². The predicted molar refractivity (Wildman–Crippen MR) is 78.2 cm³/mol. The van der Waals surface area contributed by atoms with Gasteiger partial charge in [0.25, 0.3) is 0 Å². The van der Waals surface area contributed by atoms with E-state index in [-0.39, 0.29) is 12.3 Å². The molecule has 0 saturated carbocycles. The standard InChI is InChI=1S/C14H18BrNO3/c1-5-12(17)16(13(18)19-14(2,3)4)11-9-7-6-8-10(11)15/h6-9H,5H2,1-4H3. The molecule has 0 heterocycles. The fraction of sp³-hybridized carbons (Fsp3) is 0.429. The number of rotatable bonds is 2. The van der Waals surface area contributed by atoms with Crippen LogP contribution in [0.15, 0.2) is 28.7 Å². The SMILES string of the molecule is CCC(=O)N(C(=O)OC(C)(C)C)c1ccccc1Br. The molecule has 0 aliphatic rings. The Hall–Kier alpha value is -1.36. The Morgan fingerprint density at radius 2 is 1.84 bits per heavy atom. The lowest BCUT2D eigenvalue weighted by Gasteiger charge is -2.26. The molecular formula is C14H18BrNO3. The minimum absolute atomic E-state index is 0.223. The molecule has 5 heteroatoms. The van der Waals surface area contributed by atoms with Gasteiger partial charge in [-0.05, 0) is 48.8 Å². The first kappa shape index (κ1) is 15.7. The van der Waals surface area contributed by atoms with Crippen molar-refractivity contribution in [2.45, 2.75) is 39.7 Å². The predicted octanol–water partition coefficient (Wildman–Crippen LogP) is 4.13. The lowest BCUT2D eigenvalue weighted by molar-refractivity contribution is -0.118. The first-order valence-electron chi connectivity index (χ1n) is 6.06. The highest BCUT2D eigenvalue weighted by Gasteiger charge is 2.28. The van der Waals surface area contributed by atoms with Crippen molar-refractivity contribution in [3.63, 3.8) is 0 Å². The van der Waals surface area contributed by atoms with Gasteiger partial charge < -0.3 is 4.74 Å². The van der Waals surface area contributed by atoms with Crippen LogP contribution in [0, 0.1) is 0 Å². The van der Waals surface area contributed by atoms with Gasteiger partial charge in [-0.2, -0.15) is 0 Å². The fourth-order valence-corrected chi connectivity index (χ4v) is 1.90. The summed E-state index contributed by atoms with van der Waals surface area (Å²) in [5.74, 6) is -0.304. The van der Waals surface area contributed by atoms with Gasteiger partial charge in [0.15, 0.2) is 0 Å². The largest absolute Gasteiger partial charge is 0.443 e. The number of amides is 2. The van der Waals surface area contributed by atoms with E-state index in [1.54, 1.807) is 45.9 Å². The maximum atomic E-state index is 12.2. The molecule has 104 valence electrons. The minimum Gasteiger partial charge on any atom is -0.443 e. The summed E-state index contributed by atoms with van der Waals surface area (Å²) in [5, 5.41) is 0. The van der Waals surface area contributed by atoms with E-state index in [9.17, 15) is 9.59 Å². The van der Waals surface area contributed by atoms with Crippen LogP contribution in [-0.4, -0.2) is 17.6 Å². The number of ether oxygens (including phenoxy) is 1. The van der Waals surface area contributed by atoms with Crippen molar-refractivity contribution in [3.05, 3.63) is 28.7 Å². The monoisotopic (exact) mass is 327 g/mol. The molecular weight excluding hydrogens is 310 g/mol. The Bertz CT molecular complexity index is 480. The summed E-state index contributed by atoms with van der Waals surface area (Å²) in [6, 6.07) is 7.05. The third-order valence-corrected chi connectivity index (χ3v) is 2.89. The Morgan fingerprint density at radius 1 is 1.26 bits per heavy atom. The first-order chi connectivity index (χ1) is 8.76. The number of benzene rings is 1. The van der Waals surface area contributed by atoms with Crippen LogP contribution in [0.25, 0.3) is 0 Å². The second kappa shape index (κ2) is 6.19. The highest BCUT2D eigenvalue weighted by molar-refractivity contribution is 9.10. The Balaban J connectivity index is 3.13. The van der Waals surface area contributed by atoms with Crippen LogP contribution in [0.3, 0.4) is 0 Å². The van der Waals surface area contributed by atoms with Crippen molar-refractivity contribution in [3.8, 4) is 0 Å². The van der Waals surface area contributed by atoms with Crippen LogP contribution in [0.2, 0.25) is 0 Å². The molecule has 0 saturated heterocycles. The maximum Gasteiger partial charge on any atom is 0.421 e. The molecule has 0 bridgehead atoms. The van der Waals surface area contributed by atoms with Gasteiger partial charge in [0, 0.05) is 10.9 Å². The average Bonchev–Trinajstić information content (AvgIpc) is 2.29. The van der Waals surface area contributed by atoms with Gasteiger partial charge in [0.2, 0.25) is 5.91 Å². The van der Waals surface area contributed by atoms with Crippen molar-refractivity contribution in [1.82, 2.24) is 0 Å². The number of carbonyl (C=O) groups is 2. The fourth-order valence-electron chi connectivity index (χ4n) is 1.43. The van der Waals surface area contributed by atoms with Crippen LogP contribution < -0.4 is 4.90 Å². The molecule has 1 aromatic carbocycles. The van der Waals surface area contributed by atoms with Gasteiger partial charge in [0.1, 0.15) is 5.60 Å². The summed E-state index contributed by atoms with van der Waals surface area (Å²) >= 11 is 3.34. The molecule has 1 aromatic rings. The van der Waals surface area contributed by atoms with E-state index >= 15 is 0 Å². The molecule has 4 nitrogen and oxygen atoms in total. The number of anilines is 1. The smallest absolute Gasteiger partial charge is 0.421 e. The third kappa shape index (κ3) is 4.35. The zero-order valence-electron chi connectivity index (χ0n) is 11.6. The number of carbonyl (C=O) groups excluding carboxylic acids is 2. The molecule has 0 fully saturated rings. The minimum atomic E-state index is -0.661. The quantitative estimate of drug-likeness (QED) is 0.820. The van der Waals surface area contributed by atoms with Crippen LogP contribution in [0.1, 0.15) is 34.1 Å². The van der Waals surface area contributed by atoms with Crippen molar-refractivity contribution < 1.29 is 14.3 Å². The number of imide groups is 1. The van der Waals surface area contributed by atoms with Crippen LogP contribution in [-0.2, 0) is 9.53 Å². The van der Waals surface area contributed by atoms with Gasteiger partial charge in [-0.3, -0.25) is 4.79 Å². The summed E-state index contributed by atoms with van der Waals surface area (Å²) < 4.78 is 5.95. The van der Waals surface area contributed by atoms with Crippen molar-refractivity contribution in [1.29, 1.82) is 0 Å². The summed E-state index contributed by atoms with van der Waals surface area (Å²) in [5.41, 5.74) is -0.159. The second-order valence-corrected chi connectivity index (χ2v) is 5.87. The van der Waals surface area contributed by atoms with Crippen molar-refractivity contribution in [2.75, 3.05) is 4.90 Å². The Kier molecular flexibility index (Phi) is 5.11. The van der Waals surface area contributed by atoms with Crippen molar-refractivity contribution >= 4 is 33.6 Å². The number of para-hydroxylation sites is 1. The molecule has 0 atom stereocenters. The van der Waals surface area contributed by atoms with E-state index in [1.165, 1.54) is 0 Å². The van der Waals surface area contributed by atoms with Gasteiger partial charge in [-0.15, -0.1) is 0 Å². The number of nitrogens with zero attached hydrogens (tertiary/aromatic N) is 1. The molecule has 0 N–H and O–H groups in total. The Morgan fingerprint density at radius 3 is 2.32 bits per heavy atom. The molecule has 0 aliphatic carbocycles. The summed E-state index contributed by atoms with van der Waals surface area (Å²) in [6.07, 6.45) is -0.438. The lowest BCUT2D eigenvalue weighted by Crippen LogP contribution is -2.40. The van der Waals surface area contributed by atoms with Crippen LogP contribution >= 0.6 is 15.9 Å². The van der Waals surface area contributed by atoms with Crippen LogP contribution in [0.4, 0.5) is 10.5 Å². The molecule has 1 rings (SSSR count). The molecule has 0 aliphatic heterocycles. The number of halogens is 1. The van der Waals surface area contributed by atoms with E-state index in [4.69, 9.17) is 4.74 Å². The number of hydrogen-bond acceptors (Lipinski definition) is 3. The molecule has 0 aromatic heterocycles. The van der Waals surface area contributed by atoms with Crippen LogP contribution in [0.5, 0.6) is 0 Å². The zero-order chi connectivity index (χ0) is 14.6. The average molecular weight is 328 g/mol. The zero-order valence-corrected chi connectivity index (χ0v) is 13.2. The molecule has 2 amide bonds. The van der Waals surface area contributed by atoms with E-state index in [0.717, 1.165) is 4.90 Å². The summed E-state index contributed by atoms with van der Waals surface area (Å²) in [7, 11) is 0. The van der Waals surface area contributed by atoms with E-state index in [0.29, 0.717) is 10.2 Å². The van der Waals surface area contributed by atoms with Gasteiger partial charge in [0.05, 0.1) is 5.69 Å². The van der Waals surface area contributed by atoms with Gasteiger partial charge in [-0.1, -0.05) is 19.1 Å². The molecule has 0 radical (unpaired) electrons. The second-order valence-electron chi connectivity index (χ2n) is 5.01. The maximum absolute atomic E-state index is 12.2. The summed E-state index contributed by atoms with van der Waals surface area (Å²) in [6.45, 7) is 7.00. The third-order valence-electron chi connectivity index (χ3n) is 2.22. The Labute approximate surface area is 121 Å². The summed E-state index contributed by atoms with van der Waals surface area (Å²) in [4.78, 5) is 25.2. The molecule has 0 unspecified atom stereocenters. The van der Waals surface area contributed by atoms with Crippen molar-refractivity contribution in [2.24, 2.45) is 0 Å². The first-order valence-corrected chi connectivity index (χ1v) is 6.86. The molecule has 0 spiro atoms. The highest BCUT2D eigenvalue weighted by Crippen LogP contribution is 2.27. The topological polar surface area (TPSA) is 46.6 Å². The van der Waals surface area contributed by atoms with E-state index in [2.05, 4.69) is 15.9 Å². The number of hydrogen-bond donors (Lipinski definition) is 0. The van der Waals surface area contributed by atoms with E-state index in [1.807, 2.05) is 6.07 Å². The molecule has 19 heavy (non-hydrogen) atoms. The lowest BCUT2D eigenvalue weighted by atomic mass is 10.2.